The first-order valence-electron chi connectivity index (χ1n) is 7.44. The molecule has 1 aromatic rings. The molecule has 5 heteroatoms. The van der Waals surface area contributed by atoms with E-state index in [2.05, 4.69) is 21.6 Å². The summed E-state index contributed by atoms with van der Waals surface area (Å²) in [5, 5.41) is 6.98. The van der Waals surface area contributed by atoms with Crippen molar-refractivity contribution in [2.75, 3.05) is 40.3 Å². The van der Waals surface area contributed by atoms with Crippen molar-refractivity contribution in [1.29, 1.82) is 0 Å². The van der Waals surface area contributed by atoms with Gasteiger partial charge in [0.2, 0.25) is 5.91 Å². The number of benzene rings is 1. The van der Waals surface area contributed by atoms with Crippen molar-refractivity contribution >= 4 is 17.5 Å². The number of nitrogens with one attached hydrogen (secondary N) is 2. The maximum atomic E-state index is 11.6. The molecule has 118 valence electrons. The van der Waals surface area contributed by atoms with E-state index < -0.39 is 0 Å². The van der Waals surface area contributed by atoms with Gasteiger partial charge in [0, 0.05) is 24.5 Å². The summed E-state index contributed by atoms with van der Waals surface area (Å²) in [5.41, 5.74) is 1.21. The van der Waals surface area contributed by atoms with Crippen LogP contribution in [0.4, 0.5) is 0 Å². The number of carbonyl (C=O) groups excluding carboxylic acids is 1. The number of amides is 1. The van der Waals surface area contributed by atoms with Gasteiger partial charge in [0.05, 0.1) is 0 Å². The smallest absolute Gasteiger partial charge is 0.221 e. The first-order chi connectivity index (χ1) is 10.1. The molecule has 21 heavy (non-hydrogen) atoms. The molecule has 1 aromatic carbocycles. The number of hydrogen-bond acceptors (Lipinski definition) is 3. The average molecular weight is 312 g/mol. The largest absolute Gasteiger partial charge is 0.356 e. The lowest BCUT2D eigenvalue weighted by Gasteiger charge is -2.10. The molecule has 0 atom stereocenters. The van der Waals surface area contributed by atoms with E-state index in [-0.39, 0.29) is 5.91 Å². The summed E-state index contributed by atoms with van der Waals surface area (Å²) in [6, 6.07) is 7.86. The van der Waals surface area contributed by atoms with Crippen LogP contribution in [0.5, 0.6) is 0 Å². The summed E-state index contributed by atoms with van der Waals surface area (Å²) in [6.07, 6.45) is 2.43. The molecule has 0 spiro atoms. The molecule has 0 fully saturated rings. The third kappa shape index (κ3) is 9.45. The van der Waals surface area contributed by atoms with Crippen molar-refractivity contribution in [3.8, 4) is 0 Å². The summed E-state index contributed by atoms with van der Waals surface area (Å²) >= 11 is 5.93. The van der Waals surface area contributed by atoms with Crippen molar-refractivity contribution in [3.05, 3.63) is 34.9 Å². The number of rotatable bonds is 10. The Bertz CT molecular complexity index is 424. The zero-order chi connectivity index (χ0) is 15.5. The number of carbonyl (C=O) groups is 1. The molecule has 0 unspecified atom stereocenters. The van der Waals surface area contributed by atoms with Gasteiger partial charge in [-0.15, -0.1) is 0 Å². The van der Waals surface area contributed by atoms with Gasteiger partial charge in [-0.25, -0.2) is 0 Å². The minimum absolute atomic E-state index is 0.115. The minimum Gasteiger partial charge on any atom is -0.356 e. The van der Waals surface area contributed by atoms with Gasteiger partial charge in [-0.3, -0.25) is 4.79 Å². The molecule has 1 rings (SSSR count). The van der Waals surface area contributed by atoms with Gasteiger partial charge in [0.1, 0.15) is 0 Å². The highest BCUT2D eigenvalue weighted by molar-refractivity contribution is 6.30. The van der Waals surface area contributed by atoms with Gasteiger partial charge in [0.15, 0.2) is 0 Å². The van der Waals surface area contributed by atoms with Crippen LogP contribution in [0.25, 0.3) is 0 Å². The summed E-state index contributed by atoms with van der Waals surface area (Å²) in [7, 11) is 4.07. The SMILES string of the molecule is CN(C)CCCNC(=O)CCNCCc1cccc(Cl)c1. The lowest BCUT2D eigenvalue weighted by molar-refractivity contribution is -0.121. The second kappa shape index (κ2) is 10.6. The topological polar surface area (TPSA) is 44.4 Å². The highest BCUT2D eigenvalue weighted by atomic mass is 35.5. The summed E-state index contributed by atoms with van der Waals surface area (Å²) < 4.78 is 0. The molecule has 0 radical (unpaired) electrons. The first kappa shape index (κ1) is 18.0. The van der Waals surface area contributed by atoms with E-state index in [1.54, 1.807) is 0 Å². The average Bonchev–Trinajstić information content (AvgIpc) is 2.43. The van der Waals surface area contributed by atoms with Crippen LogP contribution in [0.15, 0.2) is 24.3 Å². The van der Waals surface area contributed by atoms with E-state index in [0.717, 1.165) is 37.5 Å². The van der Waals surface area contributed by atoms with Crippen LogP contribution in [0.2, 0.25) is 5.02 Å². The van der Waals surface area contributed by atoms with Crippen LogP contribution in [0, 0.1) is 0 Å². The fraction of sp³-hybridized carbons (Fsp3) is 0.562. The molecule has 0 aliphatic carbocycles. The van der Waals surface area contributed by atoms with Crippen LogP contribution in [-0.2, 0) is 11.2 Å². The second-order valence-corrected chi connectivity index (χ2v) is 5.82. The molecule has 0 saturated carbocycles. The predicted molar refractivity (Wildman–Crippen MR) is 88.8 cm³/mol. The Kier molecular flexibility index (Phi) is 9.06. The van der Waals surface area contributed by atoms with E-state index in [1.165, 1.54) is 5.56 Å². The molecule has 4 nitrogen and oxygen atoms in total. The Labute approximate surface area is 132 Å². The Morgan fingerprint density at radius 2 is 2.05 bits per heavy atom. The molecule has 1 amide bonds. The van der Waals surface area contributed by atoms with Crippen LogP contribution >= 0.6 is 11.6 Å². The Balaban J connectivity index is 1.99. The third-order valence-corrected chi connectivity index (χ3v) is 3.35. The highest BCUT2D eigenvalue weighted by Gasteiger charge is 2.00. The molecule has 0 heterocycles. The van der Waals surface area contributed by atoms with Crippen LogP contribution in [-0.4, -0.2) is 51.1 Å². The van der Waals surface area contributed by atoms with Gasteiger partial charge >= 0.3 is 0 Å². The maximum Gasteiger partial charge on any atom is 0.221 e. The van der Waals surface area contributed by atoms with Gasteiger partial charge in [-0.1, -0.05) is 23.7 Å². The van der Waals surface area contributed by atoms with Gasteiger partial charge in [0.25, 0.3) is 0 Å². The van der Waals surface area contributed by atoms with Crippen molar-refractivity contribution in [2.45, 2.75) is 19.3 Å². The van der Waals surface area contributed by atoms with E-state index in [9.17, 15) is 4.79 Å². The first-order valence-corrected chi connectivity index (χ1v) is 7.82. The van der Waals surface area contributed by atoms with Crippen LogP contribution < -0.4 is 10.6 Å². The van der Waals surface area contributed by atoms with Crippen LogP contribution in [0.3, 0.4) is 0 Å². The predicted octanol–water partition coefficient (Wildman–Crippen LogP) is 1.93. The van der Waals surface area contributed by atoms with Crippen molar-refractivity contribution < 1.29 is 4.79 Å². The molecule has 0 saturated heterocycles. The quantitative estimate of drug-likeness (QED) is 0.649. The molecular weight excluding hydrogens is 286 g/mol. The fourth-order valence-electron chi connectivity index (χ4n) is 1.96. The van der Waals surface area contributed by atoms with Gasteiger partial charge in [-0.2, -0.15) is 0 Å². The normalized spacial score (nSPS) is 10.9. The van der Waals surface area contributed by atoms with Crippen LogP contribution in [0.1, 0.15) is 18.4 Å². The summed E-state index contributed by atoms with van der Waals surface area (Å²) in [5.74, 6) is 0.115. The summed E-state index contributed by atoms with van der Waals surface area (Å²) in [4.78, 5) is 13.7. The zero-order valence-electron chi connectivity index (χ0n) is 13.0. The Morgan fingerprint density at radius 3 is 2.76 bits per heavy atom. The van der Waals surface area contributed by atoms with Crippen molar-refractivity contribution in [3.63, 3.8) is 0 Å². The van der Waals surface area contributed by atoms with Gasteiger partial charge in [-0.05, 0) is 57.7 Å². The van der Waals surface area contributed by atoms with E-state index in [4.69, 9.17) is 11.6 Å². The molecule has 0 aliphatic heterocycles. The lowest BCUT2D eigenvalue weighted by atomic mass is 10.1. The monoisotopic (exact) mass is 311 g/mol. The highest BCUT2D eigenvalue weighted by Crippen LogP contribution is 2.10. The van der Waals surface area contributed by atoms with Crippen molar-refractivity contribution in [2.24, 2.45) is 0 Å². The molecule has 2 N–H and O–H groups in total. The maximum absolute atomic E-state index is 11.6. The van der Waals surface area contributed by atoms with E-state index >= 15 is 0 Å². The van der Waals surface area contributed by atoms with Gasteiger partial charge < -0.3 is 15.5 Å². The Morgan fingerprint density at radius 1 is 1.24 bits per heavy atom. The number of nitrogens with zero attached hydrogens (tertiary/aromatic N) is 1. The zero-order valence-corrected chi connectivity index (χ0v) is 13.7. The third-order valence-electron chi connectivity index (χ3n) is 3.11. The fourth-order valence-corrected chi connectivity index (χ4v) is 2.18. The molecule has 0 bridgehead atoms. The minimum atomic E-state index is 0.115. The second-order valence-electron chi connectivity index (χ2n) is 5.39. The Hall–Kier alpha value is -1.10. The number of hydrogen-bond donors (Lipinski definition) is 2. The summed E-state index contributed by atoms with van der Waals surface area (Å²) in [6.45, 7) is 3.31. The van der Waals surface area contributed by atoms with E-state index in [0.29, 0.717) is 13.0 Å². The lowest BCUT2D eigenvalue weighted by Crippen LogP contribution is -2.30. The molecule has 0 aliphatic rings. The van der Waals surface area contributed by atoms with Crippen molar-refractivity contribution in [1.82, 2.24) is 15.5 Å². The molecule has 0 aromatic heterocycles. The number of halogens is 1. The molecular formula is C16H26ClN3O. The standard InChI is InChI=1S/C16H26ClN3O/c1-20(2)12-4-9-19-16(21)8-11-18-10-7-14-5-3-6-15(17)13-14/h3,5-6,13,18H,4,7-12H2,1-2H3,(H,19,21). The van der Waals surface area contributed by atoms with E-state index in [1.807, 2.05) is 32.3 Å².